The van der Waals surface area contributed by atoms with Crippen LogP contribution in [0.2, 0.25) is 0 Å². The van der Waals surface area contributed by atoms with E-state index in [1.807, 2.05) is 38.1 Å². The summed E-state index contributed by atoms with van der Waals surface area (Å²) in [6.45, 7) is 4.09. The molecule has 0 aliphatic rings. The molecule has 2 aromatic rings. The smallest absolute Gasteiger partial charge is 0.271 e. The molecule has 6 nitrogen and oxygen atoms in total. The van der Waals surface area contributed by atoms with Gasteiger partial charge in [0.1, 0.15) is 0 Å². The largest absolute Gasteiger partial charge is 0.376 e. The van der Waals surface area contributed by atoms with Crippen molar-refractivity contribution in [2.75, 3.05) is 11.9 Å². The Hall–Kier alpha value is -2.89. The summed E-state index contributed by atoms with van der Waals surface area (Å²) in [5, 5.41) is 16.6. The summed E-state index contributed by atoms with van der Waals surface area (Å²) < 4.78 is 0. The zero-order valence-corrected chi connectivity index (χ0v) is 13.8. The number of nitrogens with zero attached hydrogens (tertiary/aromatic N) is 1. The molecule has 0 aliphatic heterocycles. The Morgan fingerprint density at radius 2 is 1.92 bits per heavy atom. The van der Waals surface area contributed by atoms with Crippen molar-refractivity contribution in [3.63, 3.8) is 0 Å². The molecule has 126 valence electrons. The van der Waals surface area contributed by atoms with Gasteiger partial charge in [-0.3, -0.25) is 14.9 Å². The Morgan fingerprint density at radius 1 is 1.21 bits per heavy atom. The van der Waals surface area contributed by atoms with Crippen LogP contribution < -0.4 is 10.6 Å². The lowest BCUT2D eigenvalue weighted by Crippen LogP contribution is -2.33. The summed E-state index contributed by atoms with van der Waals surface area (Å²) >= 11 is 0. The number of hydrogen-bond donors (Lipinski definition) is 2. The van der Waals surface area contributed by atoms with Crippen molar-refractivity contribution < 1.29 is 9.72 Å². The highest BCUT2D eigenvalue weighted by molar-refractivity contribution is 5.81. The van der Waals surface area contributed by atoms with E-state index in [2.05, 4.69) is 10.6 Å². The predicted octanol–water partition coefficient (Wildman–Crippen LogP) is 3.58. The summed E-state index contributed by atoms with van der Waals surface area (Å²) in [5.41, 5.74) is 2.77. The first-order valence-electron chi connectivity index (χ1n) is 7.84. The molecule has 0 saturated carbocycles. The van der Waals surface area contributed by atoms with Crippen LogP contribution in [0.1, 0.15) is 30.5 Å². The normalized spacial score (nSPS) is 11.6. The maximum absolute atomic E-state index is 12.1. The van der Waals surface area contributed by atoms with Crippen molar-refractivity contribution >= 4 is 17.3 Å². The number of carbonyl (C=O) groups excluding carboxylic acids is 1. The lowest BCUT2D eigenvalue weighted by molar-refractivity contribution is -0.384. The average molecular weight is 327 g/mol. The molecular formula is C18H21N3O3. The molecule has 2 aromatic carbocycles. The van der Waals surface area contributed by atoms with E-state index in [9.17, 15) is 14.9 Å². The molecule has 1 amide bonds. The quantitative estimate of drug-likeness (QED) is 0.601. The van der Waals surface area contributed by atoms with Crippen molar-refractivity contribution in [3.8, 4) is 0 Å². The van der Waals surface area contributed by atoms with Crippen LogP contribution in [0.15, 0.2) is 48.5 Å². The van der Waals surface area contributed by atoms with Gasteiger partial charge in [0.25, 0.3) is 5.69 Å². The SMILES string of the molecule is CC[C@H](NC(=O)CNc1cccc([N+](=O)[O-])c1)c1ccc(C)cc1. The van der Waals surface area contributed by atoms with E-state index in [4.69, 9.17) is 0 Å². The maximum Gasteiger partial charge on any atom is 0.271 e. The monoisotopic (exact) mass is 327 g/mol. The van der Waals surface area contributed by atoms with Crippen molar-refractivity contribution in [3.05, 3.63) is 69.8 Å². The number of amides is 1. The molecule has 0 radical (unpaired) electrons. The van der Waals surface area contributed by atoms with E-state index >= 15 is 0 Å². The maximum atomic E-state index is 12.1. The molecule has 0 unspecified atom stereocenters. The van der Waals surface area contributed by atoms with Crippen LogP contribution >= 0.6 is 0 Å². The summed E-state index contributed by atoms with van der Waals surface area (Å²) in [6.07, 6.45) is 0.783. The lowest BCUT2D eigenvalue weighted by Gasteiger charge is -2.18. The van der Waals surface area contributed by atoms with Gasteiger partial charge in [-0.2, -0.15) is 0 Å². The first kappa shape index (κ1) is 17.5. The molecular weight excluding hydrogens is 306 g/mol. The van der Waals surface area contributed by atoms with E-state index in [1.54, 1.807) is 12.1 Å². The van der Waals surface area contributed by atoms with Crippen molar-refractivity contribution in [2.45, 2.75) is 26.3 Å². The average Bonchev–Trinajstić information content (AvgIpc) is 2.59. The van der Waals surface area contributed by atoms with Crippen LogP contribution in [0, 0.1) is 17.0 Å². The second kappa shape index (κ2) is 8.10. The van der Waals surface area contributed by atoms with Crippen LogP contribution in [0.25, 0.3) is 0 Å². The molecule has 24 heavy (non-hydrogen) atoms. The zero-order valence-electron chi connectivity index (χ0n) is 13.8. The molecule has 6 heteroatoms. The minimum absolute atomic E-state index is 0.00787. The Morgan fingerprint density at radius 3 is 2.54 bits per heavy atom. The minimum atomic E-state index is -0.463. The Labute approximate surface area is 141 Å². The second-order valence-corrected chi connectivity index (χ2v) is 5.60. The van der Waals surface area contributed by atoms with E-state index < -0.39 is 4.92 Å². The highest BCUT2D eigenvalue weighted by Crippen LogP contribution is 2.18. The summed E-state index contributed by atoms with van der Waals surface area (Å²) in [6, 6.07) is 14.1. The molecule has 1 atom stereocenters. The number of rotatable bonds is 7. The van der Waals surface area contributed by atoms with Crippen LogP contribution in [0.5, 0.6) is 0 Å². The lowest BCUT2D eigenvalue weighted by atomic mass is 10.0. The Balaban J connectivity index is 1.93. The van der Waals surface area contributed by atoms with Gasteiger partial charge in [-0.05, 0) is 25.0 Å². The van der Waals surface area contributed by atoms with Crippen LogP contribution in [-0.2, 0) is 4.79 Å². The Kier molecular flexibility index (Phi) is 5.89. The number of hydrogen-bond acceptors (Lipinski definition) is 4. The topological polar surface area (TPSA) is 84.3 Å². The number of anilines is 1. The second-order valence-electron chi connectivity index (χ2n) is 5.60. The highest BCUT2D eigenvalue weighted by Gasteiger charge is 2.13. The first-order valence-corrected chi connectivity index (χ1v) is 7.84. The van der Waals surface area contributed by atoms with Gasteiger partial charge in [0, 0.05) is 17.8 Å². The molecule has 0 saturated heterocycles. The first-order chi connectivity index (χ1) is 11.5. The van der Waals surface area contributed by atoms with Gasteiger partial charge in [0.2, 0.25) is 5.91 Å². The molecule has 0 bridgehead atoms. The molecule has 0 heterocycles. The van der Waals surface area contributed by atoms with Gasteiger partial charge in [-0.15, -0.1) is 0 Å². The molecule has 0 aliphatic carbocycles. The fraction of sp³-hybridized carbons (Fsp3) is 0.278. The summed E-state index contributed by atoms with van der Waals surface area (Å²) in [5.74, 6) is -0.158. The number of nitro benzene ring substituents is 1. The zero-order chi connectivity index (χ0) is 17.5. The third-order valence-electron chi connectivity index (χ3n) is 3.73. The number of nitro groups is 1. The van der Waals surface area contributed by atoms with Gasteiger partial charge in [0.05, 0.1) is 17.5 Å². The van der Waals surface area contributed by atoms with E-state index in [-0.39, 0.29) is 24.2 Å². The van der Waals surface area contributed by atoms with Gasteiger partial charge < -0.3 is 10.6 Å². The number of nitrogens with one attached hydrogen (secondary N) is 2. The van der Waals surface area contributed by atoms with Crippen LogP contribution in [0.4, 0.5) is 11.4 Å². The standard InChI is InChI=1S/C18H21N3O3/c1-3-17(14-9-7-13(2)8-10-14)20-18(22)12-19-15-5-4-6-16(11-15)21(23)24/h4-11,17,19H,3,12H2,1-2H3,(H,20,22)/t17-/m0/s1. The minimum Gasteiger partial charge on any atom is -0.376 e. The molecule has 0 fully saturated rings. The molecule has 0 aromatic heterocycles. The van der Waals surface area contributed by atoms with E-state index in [0.29, 0.717) is 5.69 Å². The predicted molar refractivity (Wildman–Crippen MR) is 93.9 cm³/mol. The molecule has 2 N–H and O–H groups in total. The third kappa shape index (κ3) is 4.81. The van der Waals surface area contributed by atoms with Gasteiger partial charge in [-0.25, -0.2) is 0 Å². The third-order valence-corrected chi connectivity index (χ3v) is 3.73. The van der Waals surface area contributed by atoms with Crippen LogP contribution in [0.3, 0.4) is 0 Å². The summed E-state index contributed by atoms with van der Waals surface area (Å²) in [4.78, 5) is 22.4. The van der Waals surface area contributed by atoms with Crippen LogP contribution in [-0.4, -0.2) is 17.4 Å². The Bertz CT molecular complexity index is 714. The number of carbonyl (C=O) groups is 1. The molecule has 2 rings (SSSR count). The fourth-order valence-corrected chi connectivity index (χ4v) is 2.38. The summed E-state index contributed by atoms with van der Waals surface area (Å²) in [7, 11) is 0. The number of non-ortho nitro benzene ring substituents is 1. The highest BCUT2D eigenvalue weighted by atomic mass is 16.6. The fourth-order valence-electron chi connectivity index (χ4n) is 2.38. The van der Waals surface area contributed by atoms with Crippen molar-refractivity contribution in [1.82, 2.24) is 5.32 Å². The number of benzene rings is 2. The van der Waals surface area contributed by atoms with E-state index in [1.165, 1.54) is 17.7 Å². The number of aryl methyl sites for hydroxylation is 1. The van der Waals surface area contributed by atoms with E-state index in [0.717, 1.165) is 12.0 Å². The molecule has 0 spiro atoms. The van der Waals surface area contributed by atoms with Gasteiger partial charge in [0.15, 0.2) is 0 Å². The van der Waals surface area contributed by atoms with Crippen molar-refractivity contribution in [1.29, 1.82) is 0 Å². The van der Waals surface area contributed by atoms with Gasteiger partial charge in [-0.1, -0.05) is 42.8 Å². The van der Waals surface area contributed by atoms with Gasteiger partial charge >= 0.3 is 0 Å². The van der Waals surface area contributed by atoms with Crippen molar-refractivity contribution in [2.24, 2.45) is 0 Å².